The van der Waals surface area contributed by atoms with Crippen LogP contribution in [0.2, 0.25) is 0 Å². The van der Waals surface area contributed by atoms with E-state index in [0.717, 1.165) is 44.4 Å². The maximum absolute atomic E-state index is 10.6. The van der Waals surface area contributed by atoms with E-state index in [1.54, 1.807) is 0 Å². The van der Waals surface area contributed by atoms with E-state index in [4.69, 9.17) is 0 Å². The van der Waals surface area contributed by atoms with Gasteiger partial charge in [-0.1, -0.05) is 12.1 Å². The molecular formula is C14H19N3O2P2. The van der Waals surface area contributed by atoms with Gasteiger partial charge in [-0.05, 0) is 44.5 Å². The lowest BCUT2D eigenvalue weighted by atomic mass is 10.3. The molecule has 21 heavy (non-hydrogen) atoms. The zero-order chi connectivity index (χ0) is 14.9. The van der Waals surface area contributed by atoms with Crippen LogP contribution in [0.3, 0.4) is 0 Å². The van der Waals surface area contributed by atoms with E-state index in [0.29, 0.717) is 0 Å². The summed E-state index contributed by atoms with van der Waals surface area (Å²) in [5.74, 6) is 0. The lowest BCUT2D eigenvalue weighted by Crippen LogP contribution is -2.18. The summed E-state index contributed by atoms with van der Waals surface area (Å²) in [4.78, 5) is 4.37. The molecule has 1 aromatic carbocycles. The predicted molar refractivity (Wildman–Crippen MR) is 85.5 cm³/mol. The van der Waals surface area contributed by atoms with Gasteiger partial charge in [0.15, 0.2) is 16.9 Å². The fourth-order valence-corrected chi connectivity index (χ4v) is 2.95. The predicted octanol–water partition coefficient (Wildman–Crippen LogP) is 3.71. The van der Waals surface area contributed by atoms with Crippen molar-refractivity contribution in [2.24, 2.45) is 0 Å². The van der Waals surface area contributed by atoms with Crippen LogP contribution in [0, 0.1) is 0 Å². The van der Waals surface area contributed by atoms with Crippen LogP contribution in [0.4, 0.5) is 0 Å². The number of rotatable bonds is 10. The second kappa shape index (κ2) is 8.99. The average Bonchev–Trinajstić information content (AvgIpc) is 2.93. The Bertz CT molecular complexity index is 580. The van der Waals surface area contributed by atoms with Crippen molar-refractivity contribution < 1.29 is 9.13 Å². The zero-order valence-corrected chi connectivity index (χ0v) is 13.6. The fourth-order valence-electron chi connectivity index (χ4n) is 2.22. The minimum atomic E-state index is -0.246. The molecule has 0 saturated carbocycles. The molecule has 112 valence electrons. The van der Waals surface area contributed by atoms with Gasteiger partial charge in [-0.15, -0.1) is 0 Å². The van der Waals surface area contributed by atoms with Gasteiger partial charge in [0, 0.05) is 6.54 Å². The van der Waals surface area contributed by atoms with Crippen molar-refractivity contribution in [1.82, 2.24) is 14.9 Å². The van der Waals surface area contributed by atoms with E-state index in [9.17, 15) is 9.13 Å². The van der Waals surface area contributed by atoms with Gasteiger partial charge in [-0.25, -0.2) is 4.98 Å². The van der Waals surface area contributed by atoms with E-state index in [1.807, 2.05) is 24.5 Å². The molecule has 0 saturated heterocycles. The van der Waals surface area contributed by atoms with E-state index >= 15 is 0 Å². The number of hydrogen-bond donors (Lipinski definition) is 1. The highest BCUT2D eigenvalue weighted by molar-refractivity contribution is 7.44. The lowest BCUT2D eigenvalue weighted by Gasteiger charge is -2.06. The number of nitrogens with zero attached hydrogens (tertiary/aromatic N) is 2. The Morgan fingerprint density at radius 1 is 1.14 bits per heavy atom. The third-order valence-electron chi connectivity index (χ3n) is 3.34. The highest BCUT2D eigenvalue weighted by Gasteiger charge is 2.06. The molecule has 0 aliphatic carbocycles. The van der Waals surface area contributed by atoms with Gasteiger partial charge in [-0.2, -0.15) is 0 Å². The van der Waals surface area contributed by atoms with Gasteiger partial charge >= 0.3 is 0 Å². The molecule has 0 radical (unpaired) electrons. The number of fused-ring (bicyclic) bond motifs is 1. The molecule has 2 rings (SSSR count). The van der Waals surface area contributed by atoms with E-state index in [1.165, 1.54) is 5.52 Å². The quantitative estimate of drug-likeness (QED) is 0.535. The second-order valence-corrected chi connectivity index (χ2v) is 6.94. The number of para-hydroxylation sites is 2. The third-order valence-corrected chi connectivity index (χ3v) is 4.91. The van der Waals surface area contributed by atoms with Crippen molar-refractivity contribution in [2.45, 2.75) is 31.2 Å². The Balaban J connectivity index is 1.62. The van der Waals surface area contributed by atoms with Crippen molar-refractivity contribution in [1.29, 1.82) is 0 Å². The van der Waals surface area contributed by atoms with Crippen LogP contribution in [0.1, 0.15) is 19.3 Å². The summed E-state index contributed by atoms with van der Waals surface area (Å²) < 4.78 is 23.4. The molecule has 0 aliphatic heterocycles. The van der Waals surface area contributed by atoms with Gasteiger partial charge < -0.3 is 9.88 Å². The lowest BCUT2D eigenvalue weighted by molar-refractivity contribution is 0.562. The summed E-state index contributed by atoms with van der Waals surface area (Å²) in [5.41, 5.74) is 2.20. The van der Waals surface area contributed by atoms with Gasteiger partial charge in [0.05, 0.1) is 17.4 Å². The largest absolute Gasteiger partial charge is 0.331 e. The maximum Gasteiger partial charge on any atom is 0.171 e. The van der Waals surface area contributed by atoms with Crippen LogP contribution in [-0.2, 0) is 15.7 Å². The van der Waals surface area contributed by atoms with Crippen LogP contribution in [0.25, 0.3) is 11.0 Å². The summed E-state index contributed by atoms with van der Waals surface area (Å²) in [6.45, 7) is 2.74. The number of nitrogens with one attached hydrogen (secondary N) is 1. The van der Waals surface area contributed by atoms with Gasteiger partial charge in [0.25, 0.3) is 0 Å². The Hall–Kier alpha value is -1.15. The summed E-state index contributed by atoms with van der Waals surface area (Å²) in [6, 6.07) is 8.13. The highest BCUT2D eigenvalue weighted by atomic mass is 31.1. The molecule has 5 nitrogen and oxygen atoms in total. The first-order valence-electron chi connectivity index (χ1n) is 7.10. The summed E-state index contributed by atoms with van der Waals surface area (Å²) in [6.07, 6.45) is 4.53. The molecule has 1 heterocycles. The number of aromatic nitrogens is 2. The van der Waals surface area contributed by atoms with Crippen LogP contribution in [0.15, 0.2) is 30.6 Å². The SMILES string of the molecule is O=PC(CCCNCCCn1cnc2ccccc21)P=O. The van der Waals surface area contributed by atoms with E-state index < -0.39 is 0 Å². The van der Waals surface area contributed by atoms with Crippen LogP contribution >= 0.6 is 16.9 Å². The first-order valence-corrected chi connectivity index (χ1v) is 8.87. The molecule has 7 heteroatoms. The first kappa shape index (κ1) is 16.2. The molecule has 0 spiro atoms. The molecular weight excluding hydrogens is 304 g/mol. The second-order valence-electron chi connectivity index (χ2n) is 4.86. The Kier molecular flexibility index (Phi) is 6.94. The Morgan fingerprint density at radius 3 is 2.71 bits per heavy atom. The molecule has 0 bridgehead atoms. The molecule has 0 fully saturated rings. The minimum Gasteiger partial charge on any atom is -0.331 e. The summed E-state index contributed by atoms with van der Waals surface area (Å²) >= 11 is 0. The zero-order valence-electron chi connectivity index (χ0n) is 11.8. The number of imidazole rings is 1. The van der Waals surface area contributed by atoms with Gasteiger partial charge in [0.1, 0.15) is 5.40 Å². The summed E-state index contributed by atoms with van der Waals surface area (Å²) in [5, 5.41) is 3.11. The monoisotopic (exact) mass is 323 g/mol. The maximum atomic E-state index is 10.6. The van der Waals surface area contributed by atoms with Crippen molar-refractivity contribution in [2.75, 3.05) is 13.1 Å². The molecule has 0 amide bonds. The van der Waals surface area contributed by atoms with E-state index in [2.05, 4.69) is 20.9 Å². The molecule has 2 aromatic rings. The fraction of sp³-hybridized carbons (Fsp3) is 0.500. The van der Waals surface area contributed by atoms with Crippen LogP contribution in [0.5, 0.6) is 0 Å². The number of benzene rings is 1. The molecule has 0 aliphatic rings. The number of hydrogen-bond acceptors (Lipinski definition) is 4. The molecule has 1 N–H and O–H groups in total. The molecule has 0 atom stereocenters. The van der Waals surface area contributed by atoms with Crippen LogP contribution in [-0.4, -0.2) is 28.0 Å². The van der Waals surface area contributed by atoms with Crippen molar-refractivity contribution >= 4 is 28.0 Å². The average molecular weight is 323 g/mol. The standard InChI is InChI=1S/C14H19N3O2P2/c18-20-14(21-19)7-3-8-15-9-4-10-17-11-16-12-5-1-2-6-13(12)17/h1-2,5-6,11,14-15H,3-4,7-10H2. The minimum absolute atomic E-state index is 0.0259. The summed E-state index contributed by atoms with van der Waals surface area (Å²) in [7, 11) is -0.0519. The topological polar surface area (TPSA) is 64.0 Å². The van der Waals surface area contributed by atoms with Gasteiger partial charge in [-0.3, -0.25) is 9.13 Å². The van der Waals surface area contributed by atoms with Crippen LogP contribution < -0.4 is 5.32 Å². The smallest absolute Gasteiger partial charge is 0.171 e. The van der Waals surface area contributed by atoms with E-state index in [-0.39, 0.29) is 22.3 Å². The van der Waals surface area contributed by atoms with Crippen molar-refractivity contribution in [3.8, 4) is 0 Å². The van der Waals surface area contributed by atoms with Crippen molar-refractivity contribution in [3.63, 3.8) is 0 Å². The molecule has 0 unspecified atom stereocenters. The Labute approximate surface area is 127 Å². The normalized spacial score (nSPS) is 13.1. The Morgan fingerprint density at radius 2 is 1.90 bits per heavy atom. The number of aryl methyl sites for hydroxylation is 1. The highest BCUT2D eigenvalue weighted by Crippen LogP contribution is 2.23. The van der Waals surface area contributed by atoms with Gasteiger partial charge in [0.2, 0.25) is 0 Å². The third kappa shape index (κ3) is 4.96. The molecule has 1 aromatic heterocycles. The first-order chi connectivity index (χ1) is 10.3. The van der Waals surface area contributed by atoms with Crippen molar-refractivity contribution in [3.05, 3.63) is 30.6 Å².